The van der Waals surface area contributed by atoms with Crippen LogP contribution in [0.25, 0.3) is 11.3 Å². The van der Waals surface area contributed by atoms with Gasteiger partial charge in [-0.1, -0.05) is 60.7 Å². The van der Waals surface area contributed by atoms with Gasteiger partial charge < -0.3 is 20.9 Å². The molecule has 0 aliphatic carbocycles. The predicted molar refractivity (Wildman–Crippen MR) is 135 cm³/mol. The summed E-state index contributed by atoms with van der Waals surface area (Å²) in [5.74, 6) is 0. The first-order valence-electron chi connectivity index (χ1n) is 11.7. The molecule has 3 aromatic rings. The zero-order valence-electron chi connectivity index (χ0n) is 20.1. The molecule has 0 fully saturated rings. The minimum absolute atomic E-state index is 0.193. The molecule has 0 aliphatic heterocycles. The quantitative estimate of drug-likeness (QED) is 0.413. The number of hydrogen-bond acceptors (Lipinski definition) is 5. The maximum Gasteiger partial charge on any atom is 0.404 e. The molecular formula is C28H35N3O3. The molecule has 0 unspecified atom stereocenters. The molecule has 0 spiro atoms. The number of primary amides is 1. The van der Waals surface area contributed by atoms with Gasteiger partial charge in [0.05, 0.1) is 11.8 Å². The number of aliphatic hydroxyl groups is 1. The van der Waals surface area contributed by atoms with Crippen molar-refractivity contribution in [2.45, 2.75) is 63.8 Å². The normalized spacial score (nSPS) is 14.2. The first kappa shape index (κ1) is 25.4. The van der Waals surface area contributed by atoms with Crippen molar-refractivity contribution in [3.8, 4) is 11.3 Å². The molecule has 6 heteroatoms. The Morgan fingerprint density at radius 2 is 1.62 bits per heavy atom. The summed E-state index contributed by atoms with van der Waals surface area (Å²) in [6, 6.07) is 23.6. The van der Waals surface area contributed by atoms with E-state index in [0.29, 0.717) is 12.8 Å². The topological polar surface area (TPSA) is 97.5 Å². The molecule has 3 rings (SSSR count). The average Bonchev–Trinajstić information content (AvgIpc) is 2.79. The number of carbonyl (C=O) groups is 1. The lowest BCUT2D eigenvalue weighted by Gasteiger charge is -2.33. The minimum atomic E-state index is -0.842. The Labute approximate surface area is 202 Å². The van der Waals surface area contributed by atoms with Crippen molar-refractivity contribution in [1.29, 1.82) is 0 Å². The number of aromatic nitrogens is 1. The van der Waals surface area contributed by atoms with Crippen LogP contribution in [0, 0.1) is 0 Å². The van der Waals surface area contributed by atoms with Gasteiger partial charge in [-0.05, 0) is 50.5 Å². The van der Waals surface area contributed by atoms with Gasteiger partial charge in [0.1, 0.15) is 6.10 Å². The summed E-state index contributed by atoms with van der Waals surface area (Å²) >= 11 is 0. The molecule has 0 radical (unpaired) electrons. The fourth-order valence-corrected chi connectivity index (χ4v) is 4.09. The van der Waals surface area contributed by atoms with Crippen molar-refractivity contribution < 1.29 is 14.6 Å². The Kier molecular flexibility index (Phi) is 8.79. The monoisotopic (exact) mass is 461 g/mol. The van der Waals surface area contributed by atoms with Gasteiger partial charge in [-0.3, -0.25) is 4.98 Å². The van der Waals surface area contributed by atoms with Gasteiger partial charge >= 0.3 is 6.09 Å². The Morgan fingerprint density at radius 1 is 0.971 bits per heavy atom. The average molecular weight is 462 g/mol. The Bertz CT molecular complexity index is 1020. The van der Waals surface area contributed by atoms with E-state index < -0.39 is 18.3 Å². The summed E-state index contributed by atoms with van der Waals surface area (Å²) in [4.78, 5) is 16.0. The lowest BCUT2D eigenvalue weighted by Crippen LogP contribution is -2.51. The van der Waals surface area contributed by atoms with Gasteiger partial charge in [-0.15, -0.1) is 0 Å². The molecular weight excluding hydrogens is 426 g/mol. The summed E-state index contributed by atoms with van der Waals surface area (Å²) in [6.45, 7) is 6.20. The molecule has 0 saturated carbocycles. The maximum atomic E-state index is 11.6. The van der Waals surface area contributed by atoms with E-state index in [1.54, 1.807) is 6.20 Å². The summed E-state index contributed by atoms with van der Waals surface area (Å²) < 4.78 is 5.41. The molecule has 1 heterocycles. The van der Waals surface area contributed by atoms with Crippen molar-refractivity contribution in [2.75, 3.05) is 0 Å². The molecule has 180 valence electrons. The van der Waals surface area contributed by atoms with Gasteiger partial charge in [-0.25, -0.2) is 4.79 Å². The number of rotatable bonds is 10. The Morgan fingerprint density at radius 3 is 2.21 bits per heavy atom. The fraction of sp³-hybridized carbons (Fsp3) is 0.357. The highest BCUT2D eigenvalue weighted by Crippen LogP contribution is 2.21. The third-order valence-electron chi connectivity index (χ3n) is 5.55. The lowest BCUT2D eigenvalue weighted by atomic mass is 9.92. The standard InChI is InChI=1S/C28H35N3O3/c1-28(2,3)31-25(18-20-9-5-4-6-10-20)26(32)19-23(34-27(29)33)17-21-12-14-22(15-13-21)24-11-7-8-16-30-24/h4-16,23,25-26,31-32H,17-19H2,1-3H3,(H2,29,33)/t23-,25-,26-/m0/s1. The van der Waals surface area contributed by atoms with E-state index in [9.17, 15) is 9.90 Å². The van der Waals surface area contributed by atoms with Crippen molar-refractivity contribution in [1.82, 2.24) is 10.3 Å². The van der Waals surface area contributed by atoms with Gasteiger partial charge in [0, 0.05) is 36.2 Å². The number of nitrogens with zero attached hydrogens (tertiary/aromatic N) is 1. The number of nitrogens with two attached hydrogens (primary N) is 1. The van der Waals surface area contributed by atoms with E-state index >= 15 is 0 Å². The van der Waals surface area contributed by atoms with E-state index in [4.69, 9.17) is 10.5 Å². The van der Waals surface area contributed by atoms with Crippen LogP contribution in [0.1, 0.15) is 38.3 Å². The summed E-state index contributed by atoms with van der Waals surface area (Å²) in [7, 11) is 0. The van der Waals surface area contributed by atoms with E-state index in [-0.39, 0.29) is 18.0 Å². The third kappa shape index (κ3) is 8.28. The molecule has 2 aromatic carbocycles. The zero-order chi connectivity index (χ0) is 24.6. The Hall–Kier alpha value is -3.22. The summed E-state index contributed by atoms with van der Waals surface area (Å²) in [6.07, 6.45) is 1.01. The first-order valence-corrected chi connectivity index (χ1v) is 11.7. The number of ether oxygens (including phenoxy) is 1. The van der Waals surface area contributed by atoms with Crippen LogP contribution in [0.5, 0.6) is 0 Å². The van der Waals surface area contributed by atoms with Gasteiger partial charge in [0.25, 0.3) is 0 Å². The predicted octanol–water partition coefficient (Wildman–Crippen LogP) is 4.51. The van der Waals surface area contributed by atoms with E-state index in [1.165, 1.54) is 0 Å². The second-order valence-corrected chi connectivity index (χ2v) is 9.67. The molecule has 0 saturated heterocycles. The number of hydrogen-bond donors (Lipinski definition) is 3. The lowest BCUT2D eigenvalue weighted by molar-refractivity contribution is 0.0374. The molecule has 3 atom stereocenters. The SMILES string of the molecule is CC(C)(C)N[C@@H](Cc1ccccc1)[C@@H](O)C[C@H](Cc1ccc(-c2ccccn2)cc1)OC(N)=O. The van der Waals surface area contributed by atoms with E-state index in [1.807, 2.05) is 72.8 Å². The largest absolute Gasteiger partial charge is 0.446 e. The molecule has 1 amide bonds. The number of nitrogens with one attached hydrogen (secondary N) is 1. The second kappa shape index (κ2) is 11.8. The van der Waals surface area contributed by atoms with Gasteiger partial charge in [0.15, 0.2) is 0 Å². The van der Waals surface area contributed by atoms with Crippen molar-refractivity contribution in [3.63, 3.8) is 0 Å². The Balaban J connectivity index is 1.72. The van der Waals surface area contributed by atoms with Crippen molar-refractivity contribution in [2.24, 2.45) is 5.73 Å². The highest BCUT2D eigenvalue weighted by atomic mass is 16.6. The second-order valence-electron chi connectivity index (χ2n) is 9.67. The smallest absolute Gasteiger partial charge is 0.404 e. The summed E-state index contributed by atoms with van der Waals surface area (Å²) in [5, 5.41) is 14.7. The molecule has 0 bridgehead atoms. The fourth-order valence-electron chi connectivity index (χ4n) is 4.09. The summed E-state index contributed by atoms with van der Waals surface area (Å²) in [5.41, 5.74) is 9.18. The highest BCUT2D eigenvalue weighted by molar-refractivity contribution is 5.65. The zero-order valence-corrected chi connectivity index (χ0v) is 20.1. The third-order valence-corrected chi connectivity index (χ3v) is 5.55. The molecule has 4 N–H and O–H groups in total. The van der Waals surface area contributed by atoms with E-state index in [2.05, 4.69) is 31.1 Å². The number of aliphatic hydroxyl groups excluding tert-OH is 1. The van der Waals surface area contributed by atoms with Gasteiger partial charge in [-0.2, -0.15) is 0 Å². The molecule has 34 heavy (non-hydrogen) atoms. The number of pyridine rings is 1. The number of amides is 1. The number of carbonyl (C=O) groups excluding carboxylic acids is 1. The van der Waals surface area contributed by atoms with Crippen molar-refractivity contribution >= 4 is 6.09 Å². The van der Waals surface area contributed by atoms with Crippen LogP contribution in [0.4, 0.5) is 4.79 Å². The van der Waals surface area contributed by atoms with Crippen LogP contribution in [0.15, 0.2) is 79.0 Å². The first-order chi connectivity index (χ1) is 16.2. The van der Waals surface area contributed by atoms with Crippen LogP contribution in [0.3, 0.4) is 0 Å². The minimum Gasteiger partial charge on any atom is -0.446 e. The molecule has 1 aromatic heterocycles. The number of benzene rings is 2. The molecule has 6 nitrogen and oxygen atoms in total. The van der Waals surface area contributed by atoms with Crippen LogP contribution in [0.2, 0.25) is 0 Å². The van der Waals surface area contributed by atoms with Crippen LogP contribution < -0.4 is 11.1 Å². The van der Waals surface area contributed by atoms with Crippen LogP contribution in [-0.4, -0.2) is 40.0 Å². The van der Waals surface area contributed by atoms with Crippen LogP contribution in [-0.2, 0) is 17.6 Å². The maximum absolute atomic E-state index is 11.6. The highest BCUT2D eigenvalue weighted by Gasteiger charge is 2.28. The van der Waals surface area contributed by atoms with Crippen LogP contribution >= 0.6 is 0 Å². The van der Waals surface area contributed by atoms with Gasteiger partial charge in [0.2, 0.25) is 0 Å². The molecule has 0 aliphatic rings. The van der Waals surface area contributed by atoms with E-state index in [0.717, 1.165) is 22.4 Å². The van der Waals surface area contributed by atoms with Crippen molar-refractivity contribution in [3.05, 3.63) is 90.1 Å².